The van der Waals surface area contributed by atoms with Gasteiger partial charge < -0.3 is 10.3 Å². The summed E-state index contributed by atoms with van der Waals surface area (Å²) in [6.07, 6.45) is 3.40. The van der Waals surface area contributed by atoms with Gasteiger partial charge in [-0.2, -0.15) is 4.98 Å². The maximum absolute atomic E-state index is 13.0. The third-order valence-corrected chi connectivity index (χ3v) is 5.03. The minimum absolute atomic E-state index is 0.0398. The fraction of sp³-hybridized carbons (Fsp3) is 0.182. The van der Waals surface area contributed by atoms with Gasteiger partial charge in [-0.05, 0) is 42.7 Å². The molecule has 3 N–H and O–H groups in total. The number of aromatic nitrogens is 4. The van der Waals surface area contributed by atoms with Crippen LogP contribution < -0.4 is 10.6 Å². The zero-order valence-electron chi connectivity index (χ0n) is 16.0. The van der Waals surface area contributed by atoms with E-state index in [1.54, 1.807) is 18.5 Å². The molecule has 2 aromatic carbocycles. The molecule has 150 valence electrons. The number of benzene rings is 2. The summed E-state index contributed by atoms with van der Waals surface area (Å²) in [7, 11) is 0. The molecule has 7 nitrogen and oxygen atoms in total. The zero-order chi connectivity index (χ0) is 20.5. The van der Waals surface area contributed by atoms with Gasteiger partial charge in [-0.25, -0.2) is 14.4 Å². The number of carbonyl (C=O) groups is 1. The summed E-state index contributed by atoms with van der Waals surface area (Å²) in [5.74, 6) is 0.0530. The number of aromatic amines is 1. The van der Waals surface area contributed by atoms with E-state index < -0.39 is 0 Å². The van der Waals surface area contributed by atoms with Gasteiger partial charge in [0.15, 0.2) is 5.65 Å². The Morgan fingerprint density at radius 3 is 2.57 bits per heavy atom. The Morgan fingerprint density at radius 1 is 1.07 bits per heavy atom. The number of nitrogens with one attached hydrogen (secondary N) is 3. The molecule has 8 heteroatoms. The lowest BCUT2D eigenvalue weighted by molar-refractivity contribution is -0.117. The number of nitrogens with zero attached hydrogens (tertiary/aromatic N) is 3. The SMILES string of the molecule is O=C(Nc1nc(-c2ccc(CNc3ccc(F)cc3)cc2)c2nc[nH]c2n1)C1CC1. The van der Waals surface area contributed by atoms with E-state index in [9.17, 15) is 9.18 Å². The number of halogens is 1. The van der Waals surface area contributed by atoms with Crippen molar-refractivity contribution in [3.05, 3.63) is 66.2 Å². The molecule has 5 rings (SSSR count). The second-order valence-electron chi connectivity index (χ2n) is 7.32. The Morgan fingerprint density at radius 2 is 1.83 bits per heavy atom. The molecule has 1 saturated carbocycles. The number of H-pyrrole nitrogens is 1. The molecule has 0 bridgehead atoms. The topological polar surface area (TPSA) is 95.6 Å². The van der Waals surface area contributed by atoms with Crippen LogP contribution in [0.15, 0.2) is 54.9 Å². The van der Waals surface area contributed by atoms with Crippen molar-refractivity contribution in [3.8, 4) is 11.3 Å². The van der Waals surface area contributed by atoms with Gasteiger partial charge in [-0.1, -0.05) is 24.3 Å². The van der Waals surface area contributed by atoms with Crippen LogP contribution in [0.25, 0.3) is 22.4 Å². The Balaban J connectivity index is 1.37. The van der Waals surface area contributed by atoms with E-state index in [-0.39, 0.29) is 23.6 Å². The molecule has 1 aliphatic carbocycles. The number of hydrogen-bond donors (Lipinski definition) is 3. The lowest BCUT2D eigenvalue weighted by Crippen LogP contribution is -2.16. The highest BCUT2D eigenvalue weighted by Crippen LogP contribution is 2.31. The molecular weight excluding hydrogens is 383 g/mol. The van der Waals surface area contributed by atoms with Crippen LogP contribution in [-0.2, 0) is 11.3 Å². The quantitative estimate of drug-likeness (QED) is 0.451. The second kappa shape index (κ2) is 7.55. The van der Waals surface area contributed by atoms with Crippen LogP contribution in [0.3, 0.4) is 0 Å². The van der Waals surface area contributed by atoms with Crippen molar-refractivity contribution in [1.29, 1.82) is 0 Å². The highest BCUT2D eigenvalue weighted by Gasteiger charge is 2.30. The second-order valence-corrected chi connectivity index (χ2v) is 7.32. The van der Waals surface area contributed by atoms with E-state index in [4.69, 9.17) is 0 Å². The minimum Gasteiger partial charge on any atom is -0.381 e. The Kier molecular flexibility index (Phi) is 4.59. The first kappa shape index (κ1) is 18.2. The largest absolute Gasteiger partial charge is 0.381 e. The van der Waals surface area contributed by atoms with E-state index in [0.717, 1.165) is 29.7 Å². The summed E-state index contributed by atoms with van der Waals surface area (Å²) in [6.45, 7) is 0.607. The highest BCUT2D eigenvalue weighted by atomic mass is 19.1. The molecule has 0 spiro atoms. The first-order valence-corrected chi connectivity index (χ1v) is 9.76. The molecule has 1 amide bonds. The molecule has 2 heterocycles. The normalized spacial score (nSPS) is 13.4. The third kappa shape index (κ3) is 3.84. The smallest absolute Gasteiger partial charge is 0.232 e. The average Bonchev–Trinajstić information content (AvgIpc) is 3.51. The lowest BCUT2D eigenvalue weighted by atomic mass is 10.1. The first-order valence-electron chi connectivity index (χ1n) is 9.76. The van der Waals surface area contributed by atoms with E-state index >= 15 is 0 Å². The fourth-order valence-electron chi connectivity index (χ4n) is 3.20. The van der Waals surface area contributed by atoms with Gasteiger partial charge in [0.05, 0.1) is 6.33 Å². The zero-order valence-corrected chi connectivity index (χ0v) is 16.0. The average molecular weight is 402 g/mol. The van der Waals surface area contributed by atoms with Crippen molar-refractivity contribution in [2.45, 2.75) is 19.4 Å². The van der Waals surface area contributed by atoms with Gasteiger partial charge in [0, 0.05) is 23.7 Å². The van der Waals surface area contributed by atoms with Crippen molar-refractivity contribution in [3.63, 3.8) is 0 Å². The van der Waals surface area contributed by atoms with Gasteiger partial charge >= 0.3 is 0 Å². The summed E-state index contributed by atoms with van der Waals surface area (Å²) in [5.41, 5.74) is 4.68. The van der Waals surface area contributed by atoms with Crippen LogP contribution in [-0.4, -0.2) is 25.8 Å². The molecule has 30 heavy (non-hydrogen) atoms. The van der Waals surface area contributed by atoms with Crippen LogP contribution in [0.2, 0.25) is 0 Å². The van der Waals surface area contributed by atoms with Crippen LogP contribution in [0.5, 0.6) is 0 Å². The highest BCUT2D eigenvalue weighted by molar-refractivity contribution is 5.94. The third-order valence-electron chi connectivity index (χ3n) is 5.03. The molecule has 1 fully saturated rings. The van der Waals surface area contributed by atoms with Crippen molar-refractivity contribution in [2.24, 2.45) is 5.92 Å². The number of fused-ring (bicyclic) bond motifs is 1. The maximum Gasteiger partial charge on any atom is 0.232 e. The fourth-order valence-corrected chi connectivity index (χ4v) is 3.20. The van der Waals surface area contributed by atoms with Gasteiger partial charge in [0.25, 0.3) is 0 Å². The van der Waals surface area contributed by atoms with Gasteiger partial charge in [0.2, 0.25) is 11.9 Å². The first-order chi connectivity index (χ1) is 14.7. The standard InChI is InChI=1S/C22H19FN6O/c23-16-7-9-17(10-8-16)24-11-13-1-3-14(4-2-13)18-19-20(26-12-25-19)28-22(27-18)29-21(30)15-5-6-15/h1-4,7-10,12,15,24H,5-6,11H2,(H2,25,26,27,28,29,30). The molecule has 0 aliphatic heterocycles. The predicted molar refractivity (Wildman–Crippen MR) is 112 cm³/mol. The summed E-state index contributed by atoms with van der Waals surface area (Å²) < 4.78 is 13.0. The van der Waals surface area contributed by atoms with Crippen molar-refractivity contribution in [1.82, 2.24) is 19.9 Å². The molecule has 0 atom stereocenters. The molecule has 0 radical (unpaired) electrons. The summed E-state index contributed by atoms with van der Waals surface area (Å²) in [6, 6.07) is 14.2. The maximum atomic E-state index is 13.0. The van der Waals surface area contributed by atoms with Gasteiger partial charge in [-0.3, -0.25) is 10.1 Å². The molecule has 2 aromatic heterocycles. The van der Waals surface area contributed by atoms with E-state index in [0.29, 0.717) is 23.4 Å². The van der Waals surface area contributed by atoms with E-state index in [1.165, 1.54) is 12.1 Å². The number of carbonyl (C=O) groups excluding carboxylic acids is 1. The number of amides is 1. The Hall–Kier alpha value is -3.81. The number of rotatable bonds is 6. The van der Waals surface area contributed by atoms with Gasteiger partial charge in [0.1, 0.15) is 17.0 Å². The van der Waals surface area contributed by atoms with Crippen LogP contribution in [0.4, 0.5) is 16.0 Å². The predicted octanol–water partition coefficient (Wildman–Crippen LogP) is 4.12. The van der Waals surface area contributed by atoms with E-state index in [2.05, 4.69) is 30.6 Å². The van der Waals surface area contributed by atoms with Crippen LogP contribution in [0, 0.1) is 11.7 Å². The monoisotopic (exact) mass is 402 g/mol. The number of imidazole rings is 1. The summed E-state index contributed by atoms with van der Waals surface area (Å²) >= 11 is 0. The lowest BCUT2D eigenvalue weighted by Gasteiger charge is -2.09. The molecule has 4 aromatic rings. The van der Waals surface area contributed by atoms with Crippen LogP contribution >= 0.6 is 0 Å². The van der Waals surface area contributed by atoms with Crippen molar-refractivity contribution < 1.29 is 9.18 Å². The van der Waals surface area contributed by atoms with Crippen LogP contribution in [0.1, 0.15) is 18.4 Å². The minimum atomic E-state index is -0.257. The van der Waals surface area contributed by atoms with E-state index in [1.807, 2.05) is 24.3 Å². The summed E-state index contributed by atoms with van der Waals surface area (Å²) in [5, 5.41) is 6.07. The molecule has 1 aliphatic rings. The summed E-state index contributed by atoms with van der Waals surface area (Å²) in [4.78, 5) is 28.3. The Labute approximate surface area is 171 Å². The number of anilines is 2. The van der Waals surface area contributed by atoms with Crippen molar-refractivity contribution in [2.75, 3.05) is 10.6 Å². The number of hydrogen-bond acceptors (Lipinski definition) is 5. The Bertz CT molecular complexity index is 1200. The molecule has 0 unspecified atom stereocenters. The van der Waals surface area contributed by atoms with Gasteiger partial charge in [-0.15, -0.1) is 0 Å². The molecular formula is C22H19FN6O. The van der Waals surface area contributed by atoms with Crippen molar-refractivity contribution >= 4 is 28.7 Å². The molecule has 0 saturated heterocycles.